The van der Waals surface area contributed by atoms with Crippen LogP contribution < -0.4 is 15.4 Å². The maximum absolute atomic E-state index is 12.5. The van der Waals surface area contributed by atoms with Crippen molar-refractivity contribution < 1.29 is 14.3 Å². The van der Waals surface area contributed by atoms with Crippen LogP contribution in [0.2, 0.25) is 0 Å². The van der Waals surface area contributed by atoms with Gasteiger partial charge >= 0.3 is 0 Å². The van der Waals surface area contributed by atoms with Crippen LogP contribution in [0.4, 0.5) is 11.4 Å². The minimum atomic E-state index is -0.646. The minimum absolute atomic E-state index is 0.0105. The molecule has 0 spiro atoms. The van der Waals surface area contributed by atoms with Crippen LogP contribution in [0.15, 0.2) is 42.5 Å². The highest BCUT2D eigenvalue weighted by molar-refractivity contribution is 5.96. The zero-order chi connectivity index (χ0) is 20.5. The number of anilines is 2. The molecule has 2 rings (SSSR count). The average molecular weight is 383 g/mol. The van der Waals surface area contributed by atoms with Gasteiger partial charge in [-0.15, -0.1) is 0 Å². The third-order valence-electron chi connectivity index (χ3n) is 4.49. The Morgan fingerprint density at radius 1 is 0.964 bits per heavy atom. The van der Waals surface area contributed by atoms with Crippen LogP contribution >= 0.6 is 0 Å². The van der Waals surface area contributed by atoms with E-state index in [9.17, 15) is 9.59 Å². The van der Waals surface area contributed by atoms with Crippen LogP contribution in [0.25, 0.3) is 0 Å². The highest BCUT2D eigenvalue weighted by Gasteiger charge is 2.17. The van der Waals surface area contributed by atoms with Crippen molar-refractivity contribution in [3.05, 3.63) is 53.6 Å². The molecule has 0 saturated heterocycles. The van der Waals surface area contributed by atoms with Gasteiger partial charge in [0.15, 0.2) is 6.10 Å². The number of hydrogen-bond acceptors (Lipinski definition) is 3. The molecule has 2 aromatic carbocycles. The van der Waals surface area contributed by atoms with Gasteiger partial charge in [-0.3, -0.25) is 9.59 Å². The summed E-state index contributed by atoms with van der Waals surface area (Å²) >= 11 is 0. The summed E-state index contributed by atoms with van der Waals surface area (Å²) in [4.78, 5) is 24.5. The van der Waals surface area contributed by atoms with Gasteiger partial charge in [-0.25, -0.2) is 0 Å². The lowest BCUT2D eigenvalue weighted by Crippen LogP contribution is -2.30. The third-order valence-corrected chi connectivity index (χ3v) is 4.49. The molecule has 2 amide bonds. The van der Waals surface area contributed by atoms with E-state index >= 15 is 0 Å². The van der Waals surface area contributed by atoms with Crippen LogP contribution in [-0.2, 0) is 9.59 Å². The van der Waals surface area contributed by atoms with Crippen molar-refractivity contribution in [1.82, 2.24) is 0 Å². The van der Waals surface area contributed by atoms with Gasteiger partial charge in [0.25, 0.3) is 5.91 Å². The van der Waals surface area contributed by atoms with Gasteiger partial charge in [-0.1, -0.05) is 44.0 Å². The van der Waals surface area contributed by atoms with E-state index in [1.165, 1.54) is 0 Å². The molecule has 1 atom stereocenters. The van der Waals surface area contributed by atoms with Crippen LogP contribution in [0.1, 0.15) is 50.7 Å². The second-order valence-electron chi connectivity index (χ2n) is 7.06. The molecule has 0 saturated carbocycles. The summed E-state index contributed by atoms with van der Waals surface area (Å²) in [5.41, 5.74) is 3.27. The van der Waals surface area contributed by atoms with Gasteiger partial charge in [0.05, 0.1) is 0 Å². The predicted molar refractivity (Wildman–Crippen MR) is 114 cm³/mol. The summed E-state index contributed by atoms with van der Waals surface area (Å²) < 4.78 is 5.88. The third kappa shape index (κ3) is 6.41. The Bertz CT molecular complexity index is 797. The number of nitrogens with one attached hydrogen (secondary N) is 2. The Balaban J connectivity index is 1.95. The first-order chi connectivity index (χ1) is 13.4. The molecule has 2 aromatic rings. The van der Waals surface area contributed by atoms with Crippen molar-refractivity contribution in [2.45, 2.75) is 59.5 Å². The maximum Gasteiger partial charge on any atom is 0.265 e. The number of ether oxygens (including phenoxy) is 1. The number of rotatable bonds is 9. The summed E-state index contributed by atoms with van der Waals surface area (Å²) in [5.74, 6) is 0.482. The summed E-state index contributed by atoms with van der Waals surface area (Å²) in [6.45, 7) is 7.75. The van der Waals surface area contributed by atoms with Crippen molar-refractivity contribution >= 4 is 23.2 Å². The SMILES string of the molecule is CCCCCC(=O)Nc1cccc(NC(=O)C(C)Oc2c(C)cccc2C)c1. The molecule has 5 heteroatoms. The first-order valence-electron chi connectivity index (χ1n) is 9.84. The molecule has 28 heavy (non-hydrogen) atoms. The minimum Gasteiger partial charge on any atom is -0.480 e. The van der Waals surface area contributed by atoms with Gasteiger partial charge in [0.2, 0.25) is 5.91 Å². The fraction of sp³-hybridized carbons (Fsp3) is 0.391. The average Bonchev–Trinajstić information content (AvgIpc) is 2.65. The monoisotopic (exact) mass is 382 g/mol. The smallest absolute Gasteiger partial charge is 0.265 e. The fourth-order valence-electron chi connectivity index (χ4n) is 2.89. The summed E-state index contributed by atoms with van der Waals surface area (Å²) in [6, 6.07) is 13.0. The van der Waals surface area contributed by atoms with Crippen molar-refractivity contribution in [1.29, 1.82) is 0 Å². The van der Waals surface area contributed by atoms with Crippen molar-refractivity contribution in [2.24, 2.45) is 0 Å². The largest absolute Gasteiger partial charge is 0.480 e. The molecule has 0 bridgehead atoms. The van der Waals surface area contributed by atoms with Crippen molar-refractivity contribution in [3.8, 4) is 5.75 Å². The van der Waals surface area contributed by atoms with Gasteiger partial charge in [-0.05, 0) is 56.5 Å². The number of para-hydroxylation sites is 1. The zero-order valence-corrected chi connectivity index (χ0v) is 17.2. The quantitative estimate of drug-likeness (QED) is 0.584. The Morgan fingerprint density at radius 3 is 2.21 bits per heavy atom. The Labute approximate surface area is 167 Å². The molecule has 0 aromatic heterocycles. The molecular weight excluding hydrogens is 352 g/mol. The first kappa shape index (κ1) is 21.5. The predicted octanol–water partition coefficient (Wildman–Crippen LogP) is 5.23. The Morgan fingerprint density at radius 2 is 1.57 bits per heavy atom. The second-order valence-corrected chi connectivity index (χ2v) is 7.06. The van der Waals surface area contributed by atoms with E-state index in [-0.39, 0.29) is 11.8 Å². The van der Waals surface area contributed by atoms with Gasteiger partial charge in [0.1, 0.15) is 5.75 Å². The first-order valence-corrected chi connectivity index (χ1v) is 9.84. The number of benzene rings is 2. The van der Waals surface area contributed by atoms with E-state index in [0.717, 1.165) is 36.1 Å². The topological polar surface area (TPSA) is 67.4 Å². The van der Waals surface area contributed by atoms with E-state index in [2.05, 4.69) is 17.6 Å². The molecule has 0 aliphatic rings. The number of carbonyl (C=O) groups excluding carboxylic acids is 2. The van der Waals surface area contributed by atoms with E-state index < -0.39 is 6.10 Å². The fourth-order valence-corrected chi connectivity index (χ4v) is 2.89. The summed E-state index contributed by atoms with van der Waals surface area (Å²) in [6.07, 6.45) is 2.86. The van der Waals surface area contributed by atoms with E-state index in [1.54, 1.807) is 25.1 Å². The number of aryl methyl sites for hydroxylation is 2. The molecule has 0 radical (unpaired) electrons. The van der Waals surface area contributed by atoms with Gasteiger partial charge < -0.3 is 15.4 Å². The van der Waals surface area contributed by atoms with Crippen molar-refractivity contribution in [2.75, 3.05) is 10.6 Å². The van der Waals surface area contributed by atoms with Gasteiger partial charge in [-0.2, -0.15) is 0 Å². The molecule has 1 unspecified atom stereocenters. The van der Waals surface area contributed by atoms with E-state index in [1.807, 2.05) is 38.1 Å². The Hall–Kier alpha value is -2.82. The van der Waals surface area contributed by atoms with Gasteiger partial charge in [0, 0.05) is 17.8 Å². The van der Waals surface area contributed by atoms with E-state index in [0.29, 0.717) is 17.8 Å². The standard InChI is InChI=1S/C23H30N2O3/c1-5-6-7-14-21(26)24-19-12-9-13-20(15-19)25-23(27)18(4)28-22-16(2)10-8-11-17(22)3/h8-13,15,18H,5-7,14H2,1-4H3,(H,24,26)(H,25,27). The summed E-state index contributed by atoms with van der Waals surface area (Å²) in [7, 11) is 0. The summed E-state index contributed by atoms with van der Waals surface area (Å²) in [5, 5.41) is 5.73. The Kier molecular flexibility index (Phi) is 8.05. The number of hydrogen-bond donors (Lipinski definition) is 2. The van der Waals surface area contributed by atoms with Crippen molar-refractivity contribution in [3.63, 3.8) is 0 Å². The number of carbonyl (C=O) groups is 2. The molecular formula is C23H30N2O3. The molecule has 2 N–H and O–H groups in total. The lowest BCUT2D eigenvalue weighted by atomic mass is 10.1. The molecule has 150 valence electrons. The van der Waals surface area contributed by atoms with Crippen LogP contribution in [0.3, 0.4) is 0 Å². The normalized spacial score (nSPS) is 11.6. The number of unbranched alkanes of at least 4 members (excludes halogenated alkanes) is 2. The zero-order valence-electron chi connectivity index (χ0n) is 17.2. The second kappa shape index (κ2) is 10.5. The highest BCUT2D eigenvalue weighted by atomic mass is 16.5. The lowest BCUT2D eigenvalue weighted by molar-refractivity contribution is -0.122. The molecule has 0 heterocycles. The van der Waals surface area contributed by atoms with E-state index in [4.69, 9.17) is 4.74 Å². The molecule has 0 fully saturated rings. The van der Waals surface area contributed by atoms with Crippen LogP contribution in [0, 0.1) is 13.8 Å². The number of amides is 2. The molecule has 5 nitrogen and oxygen atoms in total. The molecule has 0 aliphatic heterocycles. The molecule has 0 aliphatic carbocycles. The van der Waals surface area contributed by atoms with Crippen LogP contribution in [-0.4, -0.2) is 17.9 Å². The van der Waals surface area contributed by atoms with Crippen LogP contribution in [0.5, 0.6) is 5.75 Å². The highest BCUT2D eigenvalue weighted by Crippen LogP contribution is 2.24. The maximum atomic E-state index is 12.5. The lowest BCUT2D eigenvalue weighted by Gasteiger charge is -2.18.